The number of unbranched alkanes of at least 4 members (excludes halogenated alkanes) is 11. The Morgan fingerprint density at radius 3 is 1.83 bits per heavy atom. The Morgan fingerprint density at radius 1 is 0.833 bits per heavy atom. The maximum absolute atomic E-state index is 10.3. The van der Waals surface area contributed by atoms with Crippen molar-refractivity contribution >= 4 is 5.97 Å². The van der Waals surface area contributed by atoms with Gasteiger partial charge >= 0.3 is 0 Å². The first-order valence-corrected chi connectivity index (χ1v) is 9.83. The summed E-state index contributed by atoms with van der Waals surface area (Å²) in [6.07, 6.45) is 18.5. The zero-order chi connectivity index (χ0) is 17.5. The van der Waals surface area contributed by atoms with Gasteiger partial charge in [-0.1, -0.05) is 70.3 Å². The van der Waals surface area contributed by atoms with Crippen LogP contribution in [0.3, 0.4) is 0 Å². The molecule has 0 aliphatic heterocycles. The lowest BCUT2D eigenvalue weighted by Crippen LogP contribution is -2.32. The van der Waals surface area contributed by atoms with Gasteiger partial charge in [0.15, 0.2) is 11.9 Å². The summed E-state index contributed by atoms with van der Waals surface area (Å²) in [6, 6.07) is 6.42. The smallest absolute Gasteiger partial charge is 0.181 e. The Morgan fingerprint density at radius 2 is 1.33 bits per heavy atom. The lowest BCUT2D eigenvalue weighted by atomic mass is 10.0. The van der Waals surface area contributed by atoms with Crippen molar-refractivity contribution in [1.29, 1.82) is 0 Å². The summed E-state index contributed by atoms with van der Waals surface area (Å²) in [4.78, 5) is 10.3. The van der Waals surface area contributed by atoms with Crippen LogP contribution in [0, 0.1) is 0 Å². The Labute approximate surface area is 148 Å². The van der Waals surface area contributed by atoms with Crippen molar-refractivity contribution in [2.45, 2.75) is 89.9 Å². The number of rotatable bonds is 15. The minimum Gasteiger partial charge on any atom is -0.550 e. The van der Waals surface area contributed by atoms with Crippen LogP contribution >= 0.6 is 0 Å². The van der Waals surface area contributed by atoms with E-state index in [2.05, 4.69) is 36.0 Å². The molecule has 1 aromatic heterocycles. The second-order valence-corrected chi connectivity index (χ2v) is 6.92. The second-order valence-electron chi connectivity index (χ2n) is 6.92. The number of aliphatic carboxylic acids is 1. The summed E-state index contributed by atoms with van der Waals surface area (Å²) in [5.41, 5.74) is 1.43. The lowest BCUT2D eigenvalue weighted by molar-refractivity contribution is -0.679. The largest absolute Gasteiger partial charge is 0.550 e. The molecular weight excluding hydrogens is 298 g/mol. The van der Waals surface area contributed by atoms with Gasteiger partial charge in [0, 0.05) is 24.5 Å². The van der Waals surface area contributed by atoms with Gasteiger partial charge in [-0.2, -0.15) is 0 Å². The molecule has 0 aromatic carbocycles. The van der Waals surface area contributed by atoms with E-state index < -0.39 is 5.97 Å². The molecule has 0 unspecified atom stereocenters. The van der Waals surface area contributed by atoms with E-state index in [1.807, 2.05) is 0 Å². The van der Waals surface area contributed by atoms with Gasteiger partial charge in [-0.3, -0.25) is 0 Å². The summed E-state index contributed by atoms with van der Waals surface area (Å²) >= 11 is 0. The Hall–Kier alpha value is -1.38. The molecule has 0 aliphatic rings. The zero-order valence-corrected chi connectivity index (χ0v) is 15.5. The number of hydrogen-bond donors (Lipinski definition) is 0. The summed E-state index contributed by atoms with van der Waals surface area (Å²) < 4.78 is 2.22. The van der Waals surface area contributed by atoms with E-state index in [0.29, 0.717) is 0 Å². The number of aromatic nitrogens is 1. The molecule has 1 heterocycles. The van der Waals surface area contributed by atoms with Crippen LogP contribution in [0.25, 0.3) is 0 Å². The van der Waals surface area contributed by atoms with Crippen LogP contribution in [-0.4, -0.2) is 5.97 Å². The molecule has 0 atom stereocenters. The zero-order valence-electron chi connectivity index (χ0n) is 15.5. The molecule has 0 aliphatic carbocycles. The van der Waals surface area contributed by atoms with Crippen molar-refractivity contribution in [3.05, 3.63) is 30.1 Å². The maximum atomic E-state index is 10.3. The summed E-state index contributed by atoms with van der Waals surface area (Å²) in [5.74, 6) is -0.910. The normalized spacial score (nSPS) is 10.9. The van der Waals surface area contributed by atoms with Gasteiger partial charge in [0.1, 0.15) is 7.05 Å². The molecule has 0 spiro atoms. The highest BCUT2D eigenvalue weighted by Crippen LogP contribution is 2.13. The number of aryl methyl sites for hydroxylation is 2. The number of carboxylic acid groups (broad SMARTS) is 1. The van der Waals surface area contributed by atoms with Gasteiger partial charge in [0.05, 0.1) is 0 Å². The van der Waals surface area contributed by atoms with Crippen LogP contribution in [0.4, 0.5) is 0 Å². The van der Waals surface area contributed by atoms with Crippen LogP contribution in [0.15, 0.2) is 24.4 Å². The van der Waals surface area contributed by atoms with Crippen LogP contribution in [0.5, 0.6) is 0 Å². The molecule has 1 rings (SSSR count). The molecule has 3 heteroatoms. The number of nitrogens with zero attached hydrogens (tertiary/aromatic N) is 1. The van der Waals surface area contributed by atoms with Crippen molar-refractivity contribution in [2.75, 3.05) is 0 Å². The van der Waals surface area contributed by atoms with Crippen molar-refractivity contribution in [2.24, 2.45) is 7.05 Å². The Balaban J connectivity index is 1.79. The highest BCUT2D eigenvalue weighted by atomic mass is 16.4. The monoisotopic (exact) mass is 333 g/mol. The third-order valence-corrected chi connectivity index (χ3v) is 4.73. The van der Waals surface area contributed by atoms with Crippen molar-refractivity contribution in [3.63, 3.8) is 0 Å². The molecule has 0 radical (unpaired) electrons. The fraction of sp³-hybridized carbons (Fsp3) is 0.714. The van der Waals surface area contributed by atoms with Gasteiger partial charge in [0.25, 0.3) is 0 Å². The first-order chi connectivity index (χ1) is 11.7. The molecule has 3 nitrogen and oxygen atoms in total. The molecule has 0 fully saturated rings. The van der Waals surface area contributed by atoms with Gasteiger partial charge in [-0.05, 0) is 19.3 Å². The quantitative estimate of drug-likeness (QED) is 0.361. The third-order valence-electron chi connectivity index (χ3n) is 4.73. The topological polar surface area (TPSA) is 44.0 Å². The van der Waals surface area contributed by atoms with Gasteiger partial charge in [-0.15, -0.1) is 0 Å². The third kappa shape index (κ3) is 11.2. The summed E-state index contributed by atoms with van der Waals surface area (Å²) in [6.45, 7) is 0. The highest BCUT2D eigenvalue weighted by molar-refractivity contribution is 5.63. The first-order valence-electron chi connectivity index (χ1n) is 9.83. The van der Waals surface area contributed by atoms with E-state index in [9.17, 15) is 9.90 Å². The predicted octanol–water partition coefficient (Wildman–Crippen LogP) is 3.87. The fourth-order valence-electron chi connectivity index (χ4n) is 3.16. The van der Waals surface area contributed by atoms with Crippen LogP contribution in [-0.2, 0) is 18.3 Å². The average molecular weight is 334 g/mol. The lowest BCUT2D eigenvalue weighted by Gasteiger charge is -2.04. The molecular formula is C21H35NO2. The number of carbonyl (C=O) groups excluding carboxylic acids is 1. The van der Waals surface area contributed by atoms with Crippen LogP contribution < -0.4 is 9.67 Å². The molecule has 0 amide bonds. The van der Waals surface area contributed by atoms with Gasteiger partial charge in [-0.25, -0.2) is 4.57 Å². The van der Waals surface area contributed by atoms with E-state index in [1.165, 1.54) is 76.3 Å². The molecule has 0 N–H and O–H groups in total. The van der Waals surface area contributed by atoms with Gasteiger partial charge in [0.2, 0.25) is 0 Å². The van der Waals surface area contributed by atoms with E-state index in [-0.39, 0.29) is 6.42 Å². The standard InChI is InChI=1S/C21H35NO2/c1-22-19-15-14-17-20(22)16-12-10-8-6-4-2-3-5-7-9-11-13-18-21(23)24/h14-15,17,19H,2-13,16,18H2,1H3. The number of pyridine rings is 1. The first kappa shape index (κ1) is 20.7. The molecule has 0 bridgehead atoms. The van der Waals surface area contributed by atoms with E-state index in [0.717, 1.165) is 12.8 Å². The predicted molar refractivity (Wildman–Crippen MR) is 96.4 cm³/mol. The SMILES string of the molecule is C[n+]1ccccc1CCCCCCCCCCCCCCC(=O)[O-]. The summed E-state index contributed by atoms with van der Waals surface area (Å²) in [7, 11) is 2.12. The maximum Gasteiger partial charge on any atom is 0.181 e. The molecule has 0 saturated carbocycles. The van der Waals surface area contributed by atoms with Crippen molar-refractivity contribution < 1.29 is 14.5 Å². The highest BCUT2D eigenvalue weighted by Gasteiger charge is 2.03. The minimum atomic E-state index is -0.910. The van der Waals surface area contributed by atoms with Crippen LogP contribution in [0.2, 0.25) is 0 Å². The Bertz CT molecular complexity index is 445. The van der Waals surface area contributed by atoms with E-state index >= 15 is 0 Å². The number of carboxylic acids is 1. The van der Waals surface area contributed by atoms with E-state index in [1.54, 1.807) is 0 Å². The molecule has 1 aromatic rings. The van der Waals surface area contributed by atoms with Gasteiger partial charge < -0.3 is 9.90 Å². The molecule has 24 heavy (non-hydrogen) atoms. The van der Waals surface area contributed by atoms with Crippen molar-refractivity contribution in [3.8, 4) is 0 Å². The average Bonchev–Trinajstić information content (AvgIpc) is 2.56. The second kappa shape index (κ2) is 14.0. The van der Waals surface area contributed by atoms with Crippen molar-refractivity contribution in [1.82, 2.24) is 0 Å². The summed E-state index contributed by atoms with van der Waals surface area (Å²) in [5, 5.41) is 10.3. The van der Waals surface area contributed by atoms with Crippen LogP contribution in [0.1, 0.15) is 89.2 Å². The number of carbonyl (C=O) groups is 1. The fourth-order valence-corrected chi connectivity index (χ4v) is 3.16. The number of hydrogen-bond acceptors (Lipinski definition) is 2. The van der Waals surface area contributed by atoms with E-state index in [4.69, 9.17) is 0 Å². The molecule has 0 saturated heterocycles. The molecule has 136 valence electrons. The minimum absolute atomic E-state index is 0.225. The Kier molecular flexibility index (Phi) is 12.1.